The van der Waals surface area contributed by atoms with Crippen LogP contribution in [0, 0.1) is 242 Å². The third-order valence-corrected chi connectivity index (χ3v) is 14.0. The SMILES string of the molecule is CC(F)(F)c1c(F)c(F)c(C(C#N)=C2C(=C(C#N)c3c(F)c(F)c(C#N)c(F)c3F)C2=C(C#N)c2c(F)c(F)c(C(F)(F)F)c(F)c2F)c(F)c1F.N#CC(=C1C(=C(C#N)c2c(F)c(F)c(C#N)c(F)c2F)C1=C(C#N)c1c(F)c(F)c(C(F)(F)F)c(F)c1F)c1c(F)c(F)c(C#N)c(F)c1F. The van der Waals surface area contributed by atoms with Crippen molar-refractivity contribution in [2.24, 2.45) is 0 Å². The number of rotatable bonds is 7. The fourth-order valence-corrected chi connectivity index (χ4v) is 9.58. The molecule has 41 heteroatoms. The monoisotopic (exact) mass is 1470 g/mol. The lowest BCUT2D eigenvalue weighted by Crippen LogP contribution is -2.18. The maximum absolute atomic E-state index is 15.2. The molecule has 0 atom stereocenters. The molecule has 0 aromatic heterocycles. The van der Waals surface area contributed by atoms with Crippen molar-refractivity contribution in [1.29, 1.82) is 47.4 Å². The van der Waals surface area contributed by atoms with Gasteiger partial charge in [0, 0.05) is 40.4 Å². The number of alkyl halides is 8. The predicted octanol–water partition coefficient (Wildman–Crippen LogP) is 18.0. The Kier molecular flexibility index (Phi) is 19.9. The van der Waals surface area contributed by atoms with Crippen LogP contribution in [0.2, 0.25) is 0 Å². The van der Waals surface area contributed by atoms with Gasteiger partial charge in [0.1, 0.15) is 82.4 Å². The number of nitrogens with zero attached hydrogens (tertiary/aromatic N) is 9. The van der Waals surface area contributed by atoms with E-state index in [1.165, 1.54) is 0 Å². The molecule has 2 aliphatic rings. The van der Waals surface area contributed by atoms with E-state index in [4.69, 9.17) is 15.8 Å². The van der Waals surface area contributed by atoms with E-state index in [0.717, 1.165) is 36.4 Å². The molecule has 0 bridgehead atoms. The summed E-state index contributed by atoms with van der Waals surface area (Å²) in [7, 11) is 0. The van der Waals surface area contributed by atoms with Crippen LogP contribution in [0.5, 0.6) is 0 Å². The van der Waals surface area contributed by atoms with Crippen LogP contribution in [-0.2, 0) is 18.3 Å². The minimum absolute atomic E-state index is 0.262. The second kappa shape index (κ2) is 26.6. The molecule has 102 heavy (non-hydrogen) atoms. The Bertz CT molecular complexity index is 5150. The van der Waals surface area contributed by atoms with E-state index < -0.39 is 292 Å². The molecule has 516 valence electrons. The van der Waals surface area contributed by atoms with Gasteiger partial charge in [0.25, 0.3) is 5.92 Å². The summed E-state index contributed by atoms with van der Waals surface area (Å²) in [6.45, 7) is -0.262. The van der Waals surface area contributed by atoms with Crippen molar-refractivity contribution in [3.8, 4) is 54.6 Å². The largest absolute Gasteiger partial charge is 0.422 e. The molecule has 0 saturated heterocycles. The van der Waals surface area contributed by atoms with Crippen LogP contribution in [0.25, 0.3) is 33.4 Å². The van der Waals surface area contributed by atoms with Crippen molar-refractivity contribution >= 4 is 33.4 Å². The number of nitriles is 9. The quantitative estimate of drug-likeness (QED) is 0.0843. The molecule has 2 aliphatic carbocycles. The van der Waals surface area contributed by atoms with Gasteiger partial charge in [-0.15, -0.1) is 0 Å². The Morgan fingerprint density at radius 3 is 0.441 bits per heavy atom. The van der Waals surface area contributed by atoms with E-state index in [1.54, 1.807) is 0 Å². The molecule has 0 amide bonds. The first kappa shape index (κ1) is 76.3. The normalized spacial score (nSPS) is 15.0. The Balaban J connectivity index is 0.000000286. The van der Waals surface area contributed by atoms with Gasteiger partial charge in [-0.2, -0.15) is 73.7 Å². The van der Waals surface area contributed by atoms with Crippen LogP contribution >= 0.6 is 0 Å². The molecular formula is C61H3F32N9. The highest BCUT2D eigenvalue weighted by Crippen LogP contribution is 2.60. The van der Waals surface area contributed by atoms with Gasteiger partial charge >= 0.3 is 12.4 Å². The molecule has 2 saturated carbocycles. The van der Waals surface area contributed by atoms with Crippen LogP contribution in [0.3, 0.4) is 0 Å². The van der Waals surface area contributed by atoms with E-state index in [-0.39, 0.29) is 6.92 Å². The van der Waals surface area contributed by atoms with Gasteiger partial charge in [-0.1, -0.05) is 0 Å². The summed E-state index contributed by atoms with van der Waals surface area (Å²) >= 11 is 0. The molecule has 0 unspecified atom stereocenters. The lowest BCUT2D eigenvalue weighted by Gasteiger charge is -2.16. The van der Waals surface area contributed by atoms with Crippen molar-refractivity contribution in [2.45, 2.75) is 25.2 Å². The van der Waals surface area contributed by atoms with Crippen LogP contribution in [-0.4, -0.2) is 0 Å². The minimum atomic E-state index is -6.19. The third kappa shape index (κ3) is 11.6. The minimum Gasteiger partial charge on any atom is -0.203 e. The summed E-state index contributed by atoms with van der Waals surface area (Å²) in [5, 5.41) is 85.0. The van der Waals surface area contributed by atoms with Gasteiger partial charge in [-0.05, 0) is 0 Å². The van der Waals surface area contributed by atoms with Crippen molar-refractivity contribution in [2.75, 3.05) is 0 Å². The van der Waals surface area contributed by atoms with Gasteiger partial charge < -0.3 is 0 Å². The Morgan fingerprint density at radius 1 is 0.206 bits per heavy atom. The van der Waals surface area contributed by atoms with Gasteiger partial charge in [0.2, 0.25) is 0 Å². The average molecular weight is 1470 g/mol. The fraction of sp³-hybridized carbons (Fsp3) is 0.0656. The number of benzene rings is 6. The first-order valence-electron chi connectivity index (χ1n) is 25.1. The van der Waals surface area contributed by atoms with Gasteiger partial charge in [-0.3, -0.25) is 0 Å². The second-order valence-corrected chi connectivity index (χ2v) is 19.4. The lowest BCUT2D eigenvalue weighted by molar-refractivity contribution is -0.144. The number of hydrogen-bond acceptors (Lipinski definition) is 9. The van der Waals surface area contributed by atoms with Crippen molar-refractivity contribution in [3.05, 3.63) is 240 Å². The molecule has 6 aromatic rings. The standard InChI is InChI=1S/C31H3F17N4.C30F15N5/c1-30(44,45)16-26(40)22(36)14(23(37)27(16)41)7(3-50)11-10(6(2-49)13-20(34)18(32)9(5-52)19(33)21(13)35)12(11)8(4-51)15-24(38)28(42)17(31(46,47)48)29(43)25(15)39;31-18-9(4-49)19(32)23(36)14(22(18)35)6(1-46)11-12(7(2-47)15-24(37)20(33)10(5-50)21(34)25(15)38)13(11)8(3-48)16-26(39)28(41)17(30(43,44)45)29(42)27(16)40/h1H3;. The van der Waals surface area contributed by atoms with E-state index in [2.05, 4.69) is 0 Å². The van der Waals surface area contributed by atoms with Gasteiger partial charge in [-0.25, -0.2) is 114 Å². The van der Waals surface area contributed by atoms with Crippen molar-refractivity contribution < 1.29 is 140 Å². The predicted molar refractivity (Wildman–Crippen MR) is 267 cm³/mol. The van der Waals surface area contributed by atoms with Crippen LogP contribution in [0.4, 0.5) is 140 Å². The molecule has 0 N–H and O–H groups in total. The summed E-state index contributed by atoms with van der Waals surface area (Å²) in [5.74, 6) is -72.6. The average Bonchev–Trinajstić information content (AvgIpc) is 1.54. The van der Waals surface area contributed by atoms with Crippen molar-refractivity contribution in [3.63, 3.8) is 0 Å². The maximum Gasteiger partial charge on any atom is 0.422 e. The summed E-state index contributed by atoms with van der Waals surface area (Å²) in [6, 6.07) is 6.93. The highest BCUT2D eigenvalue weighted by atomic mass is 19.4. The molecule has 6 aromatic carbocycles. The number of halogens is 32. The fourth-order valence-electron chi connectivity index (χ4n) is 9.58. The smallest absolute Gasteiger partial charge is 0.203 e. The van der Waals surface area contributed by atoms with Gasteiger partial charge in [0.15, 0.2) is 140 Å². The zero-order valence-corrected chi connectivity index (χ0v) is 47.1. The second-order valence-electron chi connectivity index (χ2n) is 19.4. The summed E-state index contributed by atoms with van der Waals surface area (Å²) in [6.07, 6.45) is -12.3. The molecule has 9 nitrogen and oxygen atoms in total. The van der Waals surface area contributed by atoms with Crippen molar-refractivity contribution in [1.82, 2.24) is 0 Å². The highest BCUT2D eigenvalue weighted by Gasteiger charge is 2.52. The first-order valence-corrected chi connectivity index (χ1v) is 25.1. The molecule has 0 spiro atoms. The molecule has 0 heterocycles. The Labute approximate surface area is 540 Å². The zero-order valence-electron chi connectivity index (χ0n) is 47.1. The number of hydrogen-bond donors (Lipinski definition) is 0. The van der Waals surface area contributed by atoms with Gasteiger partial charge in [0.05, 0.1) is 72.4 Å². The molecule has 8 rings (SSSR count). The summed E-state index contributed by atoms with van der Waals surface area (Å²) < 4.78 is 462. The van der Waals surface area contributed by atoms with E-state index >= 15 is 52.7 Å². The third-order valence-electron chi connectivity index (χ3n) is 14.0. The molecule has 2 fully saturated rings. The Hall–Kier alpha value is -13.1. The molecule has 0 radical (unpaired) electrons. The highest BCUT2D eigenvalue weighted by molar-refractivity contribution is 6.14. The summed E-state index contributed by atoms with van der Waals surface area (Å²) in [4.78, 5) is 0. The Morgan fingerprint density at radius 2 is 0.333 bits per heavy atom. The first-order chi connectivity index (χ1) is 47.3. The number of allylic oxidation sites excluding steroid dienone is 12. The van der Waals surface area contributed by atoms with Crippen LogP contribution < -0.4 is 0 Å². The van der Waals surface area contributed by atoms with Crippen LogP contribution in [0.1, 0.15) is 73.7 Å². The lowest BCUT2D eigenvalue weighted by atomic mass is 9.97. The molecular weight excluding hydrogens is 1470 g/mol. The summed E-state index contributed by atoms with van der Waals surface area (Å²) in [5.41, 5.74) is -50.7. The maximum atomic E-state index is 15.2. The van der Waals surface area contributed by atoms with Crippen LogP contribution in [0.15, 0.2) is 33.4 Å². The van der Waals surface area contributed by atoms with E-state index in [1.807, 2.05) is 0 Å². The van der Waals surface area contributed by atoms with E-state index in [0.29, 0.717) is 18.2 Å². The zero-order chi connectivity index (χ0) is 77.6. The topological polar surface area (TPSA) is 214 Å². The molecule has 0 aliphatic heterocycles. The van der Waals surface area contributed by atoms with E-state index in [9.17, 15) is 119 Å².